The van der Waals surface area contributed by atoms with Crippen LogP contribution in [-0.2, 0) is 4.79 Å². The molecule has 0 aromatic heterocycles. The number of carbonyl (C=O) groups excluding carboxylic acids is 2. The number of hydrogen-bond acceptors (Lipinski definition) is 3. The van der Waals surface area contributed by atoms with Crippen molar-refractivity contribution in [1.29, 1.82) is 0 Å². The summed E-state index contributed by atoms with van der Waals surface area (Å²) in [7, 11) is 1.52. The molecular formula is C14H19ClN2O3. The van der Waals surface area contributed by atoms with Gasteiger partial charge in [-0.3, -0.25) is 9.59 Å². The van der Waals surface area contributed by atoms with Gasteiger partial charge in [-0.1, -0.05) is 12.1 Å². The predicted molar refractivity (Wildman–Crippen MR) is 78.3 cm³/mol. The van der Waals surface area contributed by atoms with Gasteiger partial charge in [0, 0.05) is 25.4 Å². The minimum absolute atomic E-state index is 0.0582. The van der Waals surface area contributed by atoms with Crippen molar-refractivity contribution in [3.63, 3.8) is 0 Å². The number of hydrogen-bond donors (Lipinski definition) is 2. The number of methoxy groups -OCH3 is 1. The lowest BCUT2D eigenvalue weighted by Crippen LogP contribution is -2.34. The fraction of sp³-hybridized carbons (Fsp3) is 0.429. The van der Waals surface area contributed by atoms with Gasteiger partial charge in [0.2, 0.25) is 5.91 Å². The van der Waals surface area contributed by atoms with Crippen LogP contribution in [0.2, 0.25) is 0 Å². The first kappa shape index (κ1) is 16.3. The van der Waals surface area contributed by atoms with Crippen molar-refractivity contribution in [3.8, 4) is 5.75 Å². The summed E-state index contributed by atoms with van der Waals surface area (Å²) in [6.45, 7) is 0.755. The van der Waals surface area contributed by atoms with Crippen LogP contribution in [0.3, 0.4) is 0 Å². The Bertz CT molecular complexity index is 452. The summed E-state index contributed by atoms with van der Waals surface area (Å²) in [5.41, 5.74) is 0.475. The van der Waals surface area contributed by atoms with Crippen molar-refractivity contribution in [1.82, 2.24) is 10.6 Å². The van der Waals surface area contributed by atoms with E-state index in [1.54, 1.807) is 24.3 Å². The van der Waals surface area contributed by atoms with Gasteiger partial charge in [-0.25, -0.2) is 0 Å². The van der Waals surface area contributed by atoms with Gasteiger partial charge in [0.15, 0.2) is 0 Å². The smallest absolute Gasteiger partial charge is 0.255 e. The minimum Gasteiger partial charge on any atom is -0.496 e. The van der Waals surface area contributed by atoms with Crippen molar-refractivity contribution in [2.24, 2.45) is 0 Å². The van der Waals surface area contributed by atoms with Crippen LogP contribution in [0.5, 0.6) is 5.75 Å². The third-order valence-electron chi connectivity index (χ3n) is 2.62. The molecule has 1 aromatic rings. The lowest BCUT2D eigenvalue weighted by molar-refractivity contribution is -0.121. The van der Waals surface area contributed by atoms with Crippen molar-refractivity contribution in [2.75, 3.05) is 26.1 Å². The third-order valence-corrected chi connectivity index (χ3v) is 2.89. The molecule has 1 aromatic carbocycles. The van der Waals surface area contributed by atoms with Gasteiger partial charge < -0.3 is 15.4 Å². The molecule has 0 unspecified atom stereocenters. The average molecular weight is 299 g/mol. The lowest BCUT2D eigenvalue weighted by atomic mass is 10.2. The second kappa shape index (κ2) is 9.20. The first-order valence-corrected chi connectivity index (χ1v) is 6.96. The van der Waals surface area contributed by atoms with Crippen LogP contribution in [0.1, 0.15) is 23.2 Å². The highest BCUT2D eigenvalue weighted by molar-refractivity contribution is 6.17. The maximum absolute atomic E-state index is 11.9. The van der Waals surface area contributed by atoms with Crippen molar-refractivity contribution >= 4 is 23.4 Å². The van der Waals surface area contributed by atoms with Crippen LogP contribution >= 0.6 is 11.6 Å². The topological polar surface area (TPSA) is 67.4 Å². The number of para-hydroxylation sites is 1. The highest BCUT2D eigenvalue weighted by Crippen LogP contribution is 2.16. The summed E-state index contributed by atoms with van der Waals surface area (Å²) in [5.74, 6) is 0.712. The molecule has 5 nitrogen and oxygen atoms in total. The molecule has 0 heterocycles. The Kier molecular flexibility index (Phi) is 7.50. The van der Waals surface area contributed by atoms with E-state index in [-0.39, 0.29) is 11.8 Å². The molecule has 0 saturated carbocycles. The van der Waals surface area contributed by atoms with E-state index < -0.39 is 0 Å². The fourth-order valence-corrected chi connectivity index (χ4v) is 1.75. The molecule has 6 heteroatoms. The SMILES string of the molecule is COc1ccccc1C(=O)NCCNC(=O)CCCCl. The van der Waals surface area contributed by atoms with Gasteiger partial charge in [-0.05, 0) is 18.6 Å². The maximum Gasteiger partial charge on any atom is 0.255 e. The third kappa shape index (κ3) is 5.48. The Morgan fingerprint density at radius 3 is 2.60 bits per heavy atom. The molecule has 0 aliphatic heterocycles. The number of benzene rings is 1. The second-order valence-corrected chi connectivity index (χ2v) is 4.48. The molecule has 0 aliphatic carbocycles. The van der Waals surface area contributed by atoms with Crippen LogP contribution in [-0.4, -0.2) is 37.9 Å². The number of amides is 2. The van der Waals surface area contributed by atoms with Gasteiger partial charge in [0.25, 0.3) is 5.91 Å². The monoisotopic (exact) mass is 298 g/mol. The number of ether oxygens (including phenoxy) is 1. The highest BCUT2D eigenvalue weighted by Gasteiger charge is 2.10. The van der Waals surface area contributed by atoms with Gasteiger partial charge in [-0.15, -0.1) is 11.6 Å². The molecule has 0 spiro atoms. The molecule has 1 rings (SSSR count). The summed E-state index contributed by atoms with van der Waals surface area (Å²) in [6, 6.07) is 6.98. The predicted octanol–water partition coefficient (Wildman–Crippen LogP) is 1.56. The van der Waals surface area contributed by atoms with Crippen LogP contribution in [0.25, 0.3) is 0 Å². The molecule has 0 fully saturated rings. The number of alkyl halides is 1. The second-order valence-electron chi connectivity index (χ2n) is 4.10. The normalized spacial score (nSPS) is 9.90. The zero-order chi connectivity index (χ0) is 14.8. The minimum atomic E-state index is -0.225. The van der Waals surface area contributed by atoms with Crippen molar-refractivity contribution in [2.45, 2.75) is 12.8 Å². The Morgan fingerprint density at radius 2 is 1.90 bits per heavy atom. The zero-order valence-corrected chi connectivity index (χ0v) is 12.2. The number of rotatable bonds is 8. The van der Waals surface area contributed by atoms with E-state index in [4.69, 9.17) is 16.3 Å². The molecule has 0 atom stereocenters. The summed E-state index contributed by atoms with van der Waals surface area (Å²) in [5, 5.41) is 5.43. The summed E-state index contributed by atoms with van der Waals surface area (Å²) in [6.07, 6.45) is 1.06. The van der Waals surface area contributed by atoms with E-state index in [2.05, 4.69) is 10.6 Å². The maximum atomic E-state index is 11.9. The Hall–Kier alpha value is -1.75. The summed E-state index contributed by atoms with van der Waals surface area (Å²) < 4.78 is 5.11. The molecule has 20 heavy (non-hydrogen) atoms. The molecule has 2 amide bonds. The first-order chi connectivity index (χ1) is 9.69. The van der Waals surface area contributed by atoms with Gasteiger partial charge in [0.1, 0.15) is 5.75 Å². The van der Waals surface area contributed by atoms with Crippen LogP contribution in [0.15, 0.2) is 24.3 Å². The fourth-order valence-electron chi connectivity index (χ4n) is 1.62. The van der Waals surface area contributed by atoms with E-state index in [1.165, 1.54) is 7.11 Å². The van der Waals surface area contributed by atoms with Crippen LogP contribution in [0.4, 0.5) is 0 Å². The van der Waals surface area contributed by atoms with Gasteiger partial charge in [0.05, 0.1) is 12.7 Å². The van der Waals surface area contributed by atoms with E-state index in [1.807, 2.05) is 0 Å². The van der Waals surface area contributed by atoms with E-state index in [0.29, 0.717) is 43.1 Å². The molecule has 110 valence electrons. The molecule has 0 aliphatic rings. The zero-order valence-electron chi connectivity index (χ0n) is 11.4. The summed E-state index contributed by atoms with van der Waals surface area (Å²) >= 11 is 5.50. The number of nitrogens with one attached hydrogen (secondary N) is 2. The lowest BCUT2D eigenvalue weighted by Gasteiger charge is -2.09. The van der Waals surface area contributed by atoms with Gasteiger partial charge >= 0.3 is 0 Å². The Labute approximate surface area is 123 Å². The highest BCUT2D eigenvalue weighted by atomic mass is 35.5. The Balaban J connectivity index is 2.31. The van der Waals surface area contributed by atoms with E-state index in [9.17, 15) is 9.59 Å². The van der Waals surface area contributed by atoms with Gasteiger partial charge in [-0.2, -0.15) is 0 Å². The number of carbonyl (C=O) groups is 2. The number of halogens is 1. The van der Waals surface area contributed by atoms with Crippen LogP contribution in [0, 0.1) is 0 Å². The average Bonchev–Trinajstić information content (AvgIpc) is 2.49. The van der Waals surface area contributed by atoms with E-state index in [0.717, 1.165) is 0 Å². The molecule has 0 radical (unpaired) electrons. The molecule has 0 bridgehead atoms. The first-order valence-electron chi connectivity index (χ1n) is 6.43. The van der Waals surface area contributed by atoms with Crippen LogP contribution < -0.4 is 15.4 Å². The molecular weight excluding hydrogens is 280 g/mol. The molecule has 2 N–H and O–H groups in total. The molecule has 0 saturated heterocycles. The largest absolute Gasteiger partial charge is 0.496 e. The van der Waals surface area contributed by atoms with E-state index >= 15 is 0 Å². The quantitative estimate of drug-likeness (QED) is 0.565. The standard InChI is InChI=1S/C14H19ClN2O3/c1-20-12-6-3-2-5-11(12)14(19)17-10-9-16-13(18)7-4-8-15/h2-3,5-6H,4,7-10H2,1H3,(H,16,18)(H,17,19). The summed E-state index contributed by atoms with van der Waals surface area (Å²) in [4.78, 5) is 23.2. The van der Waals surface area contributed by atoms with Crippen molar-refractivity contribution < 1.29 is 14.3 Å². The Morgan fingerprint density at radius 1 is 1.20 bits per heavy atom. The van der Waals surface area contributed by atoms with Crippen molar-refractivity contribution in [3.05, 3.63) is 29.8 Å².